The van der Waals surface area contributed by atoms with Crippen LogP contribution >= 0.6 is 0 Å². The Morgan fingerprint density at radius 3 is 1.77 bits per heavy atom. The molecule has 0 spiro atoms. The Morgan fingerprint density at radius 2 is 1.00 bits per heavy atom. The van der Waals surface area contributed by atoms with Gasteiger partial charge >= 0.3 is 0 Å². The van der Waals surface area contributed by atoms with E-state index in [1.54, 1.807) is 0 Å². The lowest BCUT2D eigenvalue weighted by atomic mass is 10.2. The van der Waals surface area contributed by atoms with Gasteiger partial charge in [-0.25, -0.2) is 0 Å². The lowest BCUT2D eigenvalue weighted by Crippen LogP contribution is -1.66. The Hall–Kier alpha value is -1.04. The molecular formula is C13H18. The summed E-state index contributed by atoms with van der Waals surface area (Å²) in [6.45, 7) is 0. The summed E-state index contributed by atoms with van der Waals surface area (Å²) >= 11 is 0. The summed E-state index contributed by atoms with van der Waals surface area (Å²) in [4.78, 5) is 0. The van der Waals surface area contributed by atoms with Crippen molar-refractivity contribution in [2.24, 2.45) is 0 Å². The van der Waals surface area contributed by atoms with Crippen LogP contribution in [-0.2, 0) is 0 Å². The Labute approximate surface area is 81.4 Å². The van der Waals surface area contributed by atoms with Crippen LogP contribution in [0.3, 0.4) is 0 Å². The first-order chi connectivity index (χ1) is 6.50. The molecule has 0 unspecified atom stereocenters. The number of hydrogen-bond donors (Lipinski definition) is 0. The molecule has 0 saturated carbocycles. The maximum atomic E-state index is 2.28. The van der Waals surface area contributed by atoms with Gasteiger partial charge < -0.3 is 0 Å². The monoisotopic (exact) mass is 174 g/mol. The Bertz CT molecular complexity index is 216. The van der Waals surface area contributed by atoms with E-state index >= 15 is 0 Å². The van der Waals surface area contributed by atoms with Gasteiger partial charge in [-0.1, -0.05) is 48.6 Å². The third-order valence-electron chi connectivity index (χ3n) is 1.99. The van der Waals surface area contributed by atoms with Crippen LogP contribution in [0.15, 0.2) is 48.6 Å². The van der Waals surface area contributed by atoms with Crippen LogP contribution in [0.5, 0.6) is 0 Å². The van der Waals surface area contributed by atoms with Crippen molar-refractivity contribution < 1.29 is 0 Å². The lowest BCUT2D eigenvalue weighted by molar-refractivity contribution is 1.00. The zero-order valence-electron chi connectivity index (χ0n) is 8.15. The summed E-state index contributed by atoms with van der Waals surface area (Å²) in [6, 6.07) is 0. The van der Waals surface area contributed by atoms with E-state index in [0.717, 1.165) is 12.8 Å². The minimum atomic E-state index is 1.06. The maximum absolute atomic E-state index is 2.28. The highest BCUT2D eigenvalue weighted by molar-refractivity contribution is 5.05. The largest absolute Gasteiger partial charge is 0.0882 e. The molecule has 0 N–H and O–H groups in total. The van der Waals surface area contributed by atoms with E-state index in [4.69, 9.17) is 0 Å². The molecule has 0 nitrogen and oxygen atoms in total. The molecule has 0 aliphatic heterocycles. The second-order valence-corrected chi connectivity index (χ2v) is 3.19. The molecule has 0 fully saturated rings. The van der Waals surface area contributed by atoms with E-state index < -0.39 is 0 Å². The minimum Gasteiger partial charge on any atom is -0.0882 e. The van der Waals surface area contributed by atoms with Gasteiger partial charge in [-0.2, -0.15) is 0 Å². The predicted molar refractivity (Wildman–Crippen MR) is 59.6 cm³/mol. The molecule has 70 valence electrons. The quantitative estimate of drug-likeness (QED) is 0.483. The highest BCUT2D eigenvalue weighted by Gasteiger charge is 1.79. The van der Waals surface area contributed by atoms with Crippen molar-refractivity contribution in [3.8, 4) is 0 Å². The van der Waals surface area contributed by atoms with Gasteiger partial charge in [0.1, 0.15) is 0 Å². The molecule has 0 heteroatoms. The topological polar surface area (TPSA) is 0 Å². The molecule has 0 heterocycles. The summed E-state index contributed by atoms with van der Waals surface area (Å²) in [7, 11) is 0. The van der Waals surface area contributed by atoms with Crippen molar-refractivity contribution in [2.45, 2.75) is 32.1 Å². The molecular weight excluding hydrogens is 156 g/mol. The van der Waals surface area contributed by atoms with Crippen molar-refractivity contribution in [1.82, 2.24) is 0 Å². The predicted octanol–water partition coefficient (Wildman–Crippen LogP) is 4.18. The minimum absolute atomic E-state index is 1.06. The average Bonchev–Trinajstić information content (AvgIpc) is 2.18. The Kier molecular flexibility index (Phi) is 5.87. The van der Waals surface area contributed by atoms with Crippen molar-refractivity contribution in [3.05, 3.63) is 48.6 Å². The van der Waals surface area contributed by atoms with Crippen LogP contribution in [0, 0.1) is 0 Å². The van der Waals surface area contributed by atoms with Gasteiger partial charge in [-0.15, -0.1) is 0 Å². The molecule has 0 saturated heterocycles. The molecule has 0 aromatic heterocycles. The van der Waals surface area contributed by atoms with Gasteiger partial charge in [-0.05, 0) is 32.1 Å². The molecule has 0 amide bonds. The summed E-state index contributed by atoms with van der Waals surface area (Å²) < 4.78 is 0. The van der Waals surface area contributed by atoms with Gasteiger partial charge in [0, 0.05) is 0 Å². The van der Waals surface area contributed by atoms with Crippen molar-refractivity contribution in [2.75, 3.05) is 0 Å². The third-order valence-corrected chi connectivity index (χ3v) is 1.99. The standard InChI is InChI=1S/C13H18/c1-2-4-6-8-10-12-13-11-9-7-5-3-1/h1-4,7,9-10,12H,5-6,8,11,13H2/b3-1+,4-2-,9-7?,12-10-. The second kappa shape index (κ2) is 7.60. The second-order valence-electron chi connectivity index (χ2n) is 3.19. The van der Waals surface area contributed by atoms with Crippen molar-refractivity contribution in [3.63, 3.8) is 0 Å². The molecule has 0 radical (unpaired) electrons. The molecule has 0 atom stereocenters. The smallest absolute Gasteiger partial charge is 0.0166 e. The average molecular weight is 174 g/mol. The van der Waals surface area contributed by atoms with E-state index in [0.29, 0.717) is 0 Å². The van der Waals surface area contributed by atoms with Crippen molar-refractivity contribution >= 4 is 0 Å². The summed E-state index contributed by atoms with van der Waals surface area (Å²) in [6.07, 6.45) is 23.5. The first-order valence-corrected chi connectivity index (χ1v) is 5.12. The van der Waals surface area contributed by atoms with E-state index in [1.807, 2.05) is 0 Å². The van der Waals surface area contributed by atoms with E-state index in [9.17, 15) is 0 Å². The maximum Gasteiger partial charge on any atom is -0.0166 e. The molecule has 1 rings (SSSR count). The van der Waals surface area contributed by atoms with Crippen LogP contribution in [0.25, 0.3) is 0 Å². The molecule has 13 heavy (non-hydrogen) atoms. The molecule has 0 aromatic carbocycles. The highest BCUT2D eigenvalue weighted by atomic mass is 13.9. The highest BCUT2D eigenvalue weighted by Crippen LogP contribution is 2.00. The van der Waals surface area contributed by atoms with E-state index in [-0.39, 0.29) is 0 Å². The SMILES string of the molecule is C1=CCC/C=C\CC/C=C\C=C\C1. The molecule has 0 aromatic rings. The van der Waals surface area contributed by atoms with Gasteiger partial charge in [0.15, 0.2) is 0 Å². The normalized spacial score (nSPS) is 26.5. The van der Waals surface area contributed by atoms with Gasteiger partial charge in [0.2, 0.25) is 0 Å². The number of rotatable bonds is 0. The fraction of sp³-hybridized carbons (Fsp3) is 0.385. The Morgan fingerprint density at radius 1 is 0.462 bits per heavy atom. The lowest BCUT2D eigenvalue weighted by Gasteiger charge is -1.87. The van der Waals surface area contributed by atoms with Gasteiger partial charge in [0.25, 0.3) is 0 Å². The fourth-order valence-corrected chi connectivity index (χ4v) is 1.25. The first-order valence-electron chi connectivity index (χ1n) is 5.12. The molecule has 1 aliphatic carbocycles. The van der Waals surface area contributed by atoms with Crippen LogP contribution in [0.2, 0.25) is 0 Å². The van der Waals surface area contributed by atoms with Gasteiger partial charge in [0.05, 0.1) is 0 Å². The number of hydrogen-bond acceptors (Lipinski definition) is 0. The summed E-state index contributed by atoms with van der Waals surface area (Å²) in [5, 5.41) is 0. The molecule has 0 bridgehead atoms. The summed E-state index contributed by atoms with van der Waals surface area (Å²) in [5.41, 5.74) is 0. The third kappa shape index (κ3) is 6.15. The van der Waals surface area contributed by atoms with Crippen LogP contribution < -0.4 is 0 Å². The van der Waals surface area contributed by atoms with Crippen LogP contribution in [0.1, 0.15) is 32.1 Å². The molecule has 1 aliphatic rings. The zero-order valence-corrected chi connectivity index (χ0v) is 8.15. The fourth-order valence-electron chi connectivity index (χ4n) is 1.25. The number of allylic oxidation sites excluding steroid dienone is 8. The summed E-state index contributed by atoms with van der Waals surface area (Å²) in [5.74, 6) is 0. The van der Waals surface area contributed by atoms with Crippen LogP contribution in [0.4, 0.5) is 0 Å². The van der Waals surface area contributed by atoms with E-state index in [1.165, 1.54) is 19.3 Å². The van der Waals surface area contributed by atoms with E-state index in [2.05, 4.69) is 48.6 Å². The van der Waals surface area contributed by atoms with Crippen molar-refractivity contribution in [1.29, 1.82) is 0 Å². The first kappa shape index (κ1) is 10.0. The van der Waals surface area contributed by atoms with Crippen LogP contribution in [-0.4, -0.2) is 0 Å². The zero-order chi connectivity index (χ0) is 9.19. The van der Waals surface area contributed by atoms with Gasteiger partial charge in [-0.3, -0.25) is 0 Å². The Balaban J connectivity index is 2.38.